The second-order valence-electron chi connectivity index (χ2n) is 4.38. The monoisotopic (exact) mass is 230 g/mol. The van der Waals surface area contributed by atoms with E-state index in [4.69, 9.17) is 0 Å². The lowest BCUT2D eigenvalue weighted by Gasteiger charge is -2.34. The van der Waals surface area contributed by atoms with Crippen molar-refractivity contribution in [3.63, 3.8) is 0 Å². The normalized spacial score (nSPS) is 19.6. The van der Waals surface area contributed by atoms with Crippen molar-refractivity contribution >= 4 is 11.8 Å². The molecule has 0 saturated carbocycles. The second kappa shape index (κ2) is 8.43. The average molecular weight is 230 g/mol. The Kier molecular flexibility index (Phi) is 7.49. The molecule has 0 spiro atoms. The van der Waals surface area contributed by atoms with E-state index in [9.17, 15) is 0 Å². The summed E-state index contributed by atoms with van der Waals surface area (Å²) in [6, 6.07) is 0. The second-order valence-corrected chi connectivity index (χ2v) is 5.37. The lowest BCUT2D eigenvalue weighted by atomic mass is 10.2. The molecule has 2 nitrogen and oxygen atoms in total. The van der Waals surface area contributed by atoms with E-state index in [2.05, 4.69) is 23.0 Å². The van der Waals surface area contributed by atoms with E-state index in [1.165, 1.54) is 64.3 Å². The highest BCUT2D eigenvalue weighted by Crippen LogP contribution is 2.05. The Hall–Kier alpha value is 0.270. The van der Waals surface area contributed by atoms with Crippen molar-refractivity contribution in [3.05, 3.63) is 0 Å². The molecular formula is C12H26N2S. The minimum absolute atomic E-state index is 1.29. The zero-order chi connectivity index (χ0) is 10.9. The molecule has 0 aromatic heterocycles. The number of hydrogen-bond donors (Lipinski definition) is 0. The van der Waals surface area contributed by atoms with E-state index in [1.807, 2.05) is 11.8 Å². The smallest absolute Gasteiger partial charge is 0.0110 e. The number of rotatable bonds is 7. The van der Waals surface area contributed by atoms with Crippen LogP contribution in [0.25, 0.3) is 0 Å². The van der Waals surface area contributed by atoms with Crippen LogP contribution in [0.15, 0.2) is 0 Å². The van der Waals surface area contributed by atoms with Gasteiger partial charge < -0.3 is 9.80 Å². The summed E-state index contributed by atoms with van der Waals surface area (Å²) in [5.74, 6) is 1.33. The first kappa shape index (κ1) is 13.3. The van der Waals surface area contributed by atoms with Gasteiger partial charge in [-0.15, -0.1) is 0 Å². The molecule has 1 aliphatic rings. The predicted octanol–water partition coefficient (Wildman–Crippen LogP) is 2.16. The van der Waals surface area contributed by atoms with Crippen LogP contribution in [0.1, 0.15) is 26.2 Å². The van der Waals surface area contributed by atoms with Gasteiger partial charge in [0.15, 0.2) is 0 Å². The number of nitrogens with zero attached hydrogens (tertiary/aromatic N) is 2. The van der Waals surface area contributed by atoms with Crippen LogP contribution in [0, 0.1) is 0 Å². The third-order valence-electron chi connectivity index (χ3n) is 3.08. The van der Waals surface area contributed by atoms with Crippen molar-refractivity contribution in [1.29, 1.82) is 0 Å². The molecule has 0 atom stereocenters. The molecule has 90 valence electrons. The van der Waals surface area contributed by atoms with Crippen LogP contribution in [0.2, 0.25) is 0 Å². The maximum Gasteiger partial charge on any atom is 0.0110 e. The number of piperazine rings is 1. The fourth-order valence-corrected chi connectivity index (χ4v) is 2.63. The van der Waals surface area contributed by atoms with E-state index in [0.29, 0.717) is 0 Å². The number of thioether (sulfide) groups is 1. The van der Waals surface area contributed by atoms with Crippen molar-refractivity contribution in [2.45, 2.75) is 26.2 Å². The summed E-state index contributed by atoms with van der Waals surface area (Å²) in [7, 11) is 0. The highest BCUT2D eigenvalue weighted by atomic mass is 32.2. The molecule has 0 N–H and O–H groups in total. The number of hydrogen-bond acceptors (Lipinski definition) is 3. The summed E-state index contributed by atoms with van der Waals surface area (Å²) in [5, 5.41) is 0. The van der Waals surface area contributed by atoms with Gasteiger partial charge in [0.05, 0.1) is 0 Å². The first-order chi connectivity index (χ1) is 7.36. The van der Waals surface area contributed by atoms with Crippen LogP contribution in [-0.2, 0) is 0 Å². The van der Waals surface area contributed by atoms with E-state index in [-0.39, 0.29) is 0 Å². The largest absolute Gasteiger partial charge is 0.301 e. The quantitative estimate of drug-likeness (QED) is 0.619. The summed E-state index contributed by atoms with van der Waals surface area (Å²) in [6.07, 6.45) is 6.27. The Labute approximate surface area is 99.4 Å². The predicted molar refractivity (Wildman–Crippen MR) is 70.8 cm³/mol. The van der Waals surface area contributed by atoms with E-state index < -0.39 is 0 Å². The lowest BCUT2D eigenvalue weighted by molar-refractivity contribution is 0.131. The van der Waals surface area contributed by atoms with Crippen LogP contribution >= 0.6 is 11.8 Å². The Balaban J connectivity index is 1.99. The summed E-state index contributed by atoms with van der Waals surface area (Å²) < 4.78 is 0. The maximum atomic E-state index is 2.63. The molecule has 1 heterocycles. The summed E-state index contributed by atoms with van der Waals surface area (Å²) in [5.41, 5.74) is 0. The Morgan fingerprint density at radius 3 is 2.07 bits per heavy atom. The zero-order valence-electron chi connectivity index (χ0n) is 10.4. The SMILES string of the molecule is CCCN1CCN(CCCCSC)CC1. The first-order valence-electron chi connectivity index (χ1n) is 6.30. The van der Waals surface area contributed by atoms with Crippen LogP contribution < -0.4 is 0 Å². The van der Waals surface area contributed by atoms with Gasteiger partial charge in [0.25, 0.3) is 0 Å². The first-order valence-corrected chi connectivity index (χ1v) is 7.70. The standard InChI is InChI=1S/C12H26N2S/c1-3-6-13-8-10-14(11-9-13)7-4-5-12-15-2/h3-12H2,1-2H3. The van der Waals surface area contributed by atoms with Crippen LogP contribution in [0.4, 0.5) is 0 Å². The van der Waals surface area contributed by atoms with Crippen molar-refractivity contribution in [2.24, 2.45) is 0 Å². The molecule has 0 unspecified atom stereocenters. The molecule has 0 radical (unpaired) electrons. The molecule has 0 aromatic rings. The zero-order valence-corrected chi connectivity index (χ0v) is 11.2. The fourth-order valence-electron chi connectivity index (χ4n) is 2.13. The Bertz CT molecular complexity index is 142. The van der Waals surface area contributed by atoms with Crippen molar-refractivity contribution in [3.8, 4) is 0 Å². The third kappa shape index (κ3) is 5.79. The van der Waals surface area contributed by atoms with E-state index in [0.717, 1.165) is 0 Å². The van der Waals surface area contributed by atoms with E-state index in [1.54, 1.807) is 0 Å². The number of unbranched alkanes of at least 4 members (excludes halogenated alkanes) is 1. The Morgan fingerprint density at radius 2 is 1.53 bits per heavy atom. The van der Waals surface area contributed by atoms with Gasteiger partial charge in [0, 0.05) is 26.2 Å². The highest BCUT2D eigenvalue weighted by molar-refractivity contribution is 7.98. The van der Waals surface area contributed by atoms with Crippen LogP contribution in [0.5, 0.6) is 0 Å². The molecule has 3 heteroatoms. The third-order valence-corrected chi connectivity index (χ3v) is 3.77. The lowest BCUT2D eigenvalue weighted by Crippen LogP contribution is -2.46. The molecule has 1 saturated heterocycles. The fraction of sp³-hybridized carbons (Fsp3) is 1.00. The van der Waals surface area contributed by atoms with Gasteiger partial charge in [-0.1, -0.05) is 6.92 Å². The van der Waals surface area contributed by atoms with Gasteiger partial charge in [-0.25, -0.2) is 0 Å². The maximum absolute atomic E-state index is 2.63. The Morgan fingerprint density at radius 1 is 0.933 bits per heavy atom. The van der Waals surface area contributed by atoms with Gasteiger partial charge in [-0.3, -0.25) is 0 Å². The van der Waals surface area contributed by atoms with Gasteiger partial charge in [0.2, 0.25) is 0 Å². The minimum atomic E-state index is 1.29. The van der Waals surface area contributed by atoms with Gasteiger partial charge >= 0.3 is 0 Å². The molecule has 1 aliphatic heterocycles. The summed E-state index contributed by atoms with van der Waals surface area (Å²) in [4.78, 5) is 5.23. The van der Waals surface area contributed by atoms with Crippen molar-refractivity contribution < 1.29 is 0 Å². The molecule has 15 heavy (non-hydrogen) atoms. The highest BCUT2D eigenvalue weighted by Gasteiger charge is 2.14. The molecule has 1 rings (SSSR count). The molecule has 0 bridgehead atoms. The van der Waals surface area contributed by atoms with Crippen molar-refractivity contribution in [1.82, 2.24) is 9.80 Å². The minimum Gasteiger partial charge on any atom is -0.301 e. The summed E-state index contributed by atoms with van der Waals surface area (Å²) in [6.45, 7) is 10.0. The van der Waals surface area contributed by atoms with Gasteiger partial charge in [-0.2, -0.15) is 11.8 Å². The molecule has 0 aliphatic carbocycles. The van der Waals surface area contributed by atoms with E-state index >= 15 is 0 Å². The van der Waals surface area contributed by atoms with Crippen LogP contribution in [-0.4, -0.2) is 61.1 Å². The summed E-state index contributed by atoms with van der Waals surface area (Å²) >= 11 is 1.97. The van der Waals surface area contributed by atoms with Gasteiger partial charge in [-0.05, 0) is 44.4 Å². The van der Waals surface area contributed by atoms with Crippen molar-refractivity contribution in [2.75, 3.05) is 51.3 Å². The average Bonchev–Trinajstić information content (AvgIpc) is 2.27. The molecule has 1 fully saturated rings. The molecule has 0 aromatic carbocycles. The molecule has 0 amide bonds. The van der Waals surface area contributed by atoms with Gasteiger partial charge in [0.1, 0.15) is 0 Å². The molecular weight excluding hydrogens is 204 g/mol. The topological polar surface area (TPSA) is 6.48 Å². The van der Waals surface area contributed by atoms with Crippen LogP contribution in [0.3, 0.4) is 0 Å².